The Morgan fingerprint density at radius 3 is 2.63 bits per heavy atom. The van der Waals surface area contributed by atoms with Crippen LogP contribution in [0.3, 0.4) is 0 Å². The molecule has 92 valence electrons. The number of thioether (sulfide) groups is 1. The van der Waals surface area contributed by atoms with Gasteiger partial charge in [0.25, 0.3) is 0 Å². The summed E-state index contributed by atoms with van der Waals surface area (Å²) < 4.78 is 2.38. The summed E-state index contributed by atoms with van der Waals surface area (Å²) in [6, 6.07) is 21.4. The van der Waals surface area contributed by atoms with Crippen molar-refractivity contribution in [1.29, 1.82) is 0 Å². The summed E-state index contributed by atoms with van der Waals surface area (Å²) in [5.41, 5.74) is 3.95. The Kier molecular flexibility index (Phi) is 2.49. The fourth-order valence-electron chi connectivity index (χ4n) is 2.59. The van der Waals surface area contributed by atoms with Crippen molar-refractivity contribution in [3.8, 4) is 0 Å². The summed E-state index contributed by atoms with van der Waals surface area (Å²) in [5.74, 6) is 1.05. The second-order valence-corrected chi connectivity index (χ2v) is 5.71. The number of rotatable bonds is 1. The Hall–Kier alpha value is -1.93. The highest BCUT2D eigenvalue weighted by molar-refractivity contribution is 8.00. The summed E-state index contributed by atoms with van der Waals surface area (Å²) >= 11 is 1.92. The van der Waals surface area contributed by atoms with Gasteiger partial charge in [0.05, 0.1) is 10.5 Å². The van der Waals surface area contributed by atoms with Gasteiger partial charge >= 0.3 is 0 Å². The molecule has 0 radical (unpaired) electrons. The van der Waals surface area contributed by atoms with Crippen LogP contribution in [0.15, 0.2) is 65.7 Å². The molecule has 0 bridgehead atoms. The van der Waals surface area contributed by atoms with Crippen LogP contribution in [0.25, 0.3) is 22.7 Å². The van der Waals surface area contributed by atoms with Gasteiger partial charge in [-0.15, -0.1) is 11.8 Å². The predicted molar refractivity (Wildman–Crippen MR) is 83.3 cm³/mol. The molecule has 1 nitrogen and oxygen atoms in total. The van der Waals surface area contributed by atoms with Gasteiger partial charge < -0.3 is 4.57 Å². The number of benzene rings is 2. The zero-order valence-corrected chi connectivity index (χ0v) is 11.2. The first-order valence-corrected chi connectivity index (χ1v) is 7.40. The molecule has 19 heavy (non-hydrogen) atoms. The minimum absolute atomic E-state index is 1.05. The van der Waals surface area contributed by atoms with Gasteiger partial charge in [-0.2, -0.15) is 0 Å². The standard InChI is InChI=1S/C17H13NS/c1-2-6-13(7-3-1)10-15-12-19-17-11-14-8-4-5-9-16(14)18(15)17/h1-11H,12H2/b15-10+. The molecule has 0 unspecified atom stereocenters. The summed E-state index contributed by atoms with van der Waals surface area (Å²) in [4.78, 5) is 0. The third-order valence-corrected chi connectivity index (χ3v) is 4.50. The van der Waals surface area contributed by atoms with Crippen molar-refractivity contribution in [1.82, 2.24) is 4.57 Å². The number of para-hydroxylation sites is 1. The Bertz CT molecular complexity index is 768. The largest absolute Gasteiger partial charge is 0.307 e. The molecule has 1 aromatic heterocycles. The van der Waals surface area contributed by atoms with Crippen LogP contribution < -0.4 is 0 Å². The van der Waals surface area contributed by atoms with E-state index in [1.165, 1.54) is 27.2 Å². The smallest absolute Gasteiger partial charge is 0.0806 e. The lowest BCUT2D eigenvalue weighted by Gasteiger charge is -2.04. The fraction of sp³-hybridized carbons (Fsp3) is 0.0588. The van der Waals surface area contributed by atoms with Crippen LogP contribution in [0.1, 0.15) is 5.56 Å². The molecule has 0 saturated carbocycles. The second-order valence-electron chi connectivity index (χ2n) is 4.71. The van der Waals surface area contributed by atoms with Crippen LogP contribution in [-0.2, 0) is 0 Å². The first-order chi connectivity index (χ1) is 9.42. The maximum atomic E-state index is 2.38. The van der Waals surface area contributed by atoms with Crippen molar-refractivity contribution in [3.05, 3.63) is 66.2 Å². The fourth-order valence-corrected chi connectivity index (χ4v) is 3.66. The molecule has 1 aliphatic heterocycles. The zero-order chi connectivity index (χ0) is 12.7. The average Bonchev–Trinajstić information content (AvgIpc) is 3.00. The Labute approximate surface area is 116 Å². The normalized spacial score (nSPS) is 16.1. The molecule has 0 fully saturated rings. The Balaban J connectivity index is 1.90. The van der Waals surface area contributed by atoms with Crippen molar-refractivity contribution in [2.75, 3.05) is 5.75 Å². The maximum Gasteiger partial charge on any atom is 0.0806 e. The number of hydrogen-bond acceptors (Lipinski definition) is 1. The maximum absolute atomic E-state index is 2.38. The lowest BCUT2D eigenvalue weighted by Crippen LogP contribution is -1.92. The van der Waals surface area contributed by atoms with Crippen LogP contribution in [0, 0.1) is 0 Å². The molecule has 2 aromatic carbocycles. The number of aromatic nitrogens is 1. The van der Waals surface area contributed by atoms with Crippen LogP contribution in [-0.4, -0.2) is 10.3 Å². The molecular formula is C17H13NS. The van der Waals surface area contributed by atoms with Crippen molar-refractivity contribution in [2.45, 2.75) is 5.03 Å². The van der Waals surface area contributed by atoms with Gasteiger partial charge in [-0.05, 0) is 23.8 Å². The van der Waals surface area contributed by atoms with Gasteiger partial charge in [0.15, 0.2) is 0 Å². The molecule has 2 heterocycles. The van der Waals surface area contributed by atoms with Gasteiger partial charge in [0, 0.05) is 16.8 Å². The van der Waals surface area contributed by atoms with E-state index in [0.717, 1.165) is 5.75 Å². The van der Waals surface area contributed by atoms with E-state index < -0.39 is 0 Å². The van der Waals surface area contributed by atoms with Gasteiger partial charge in [-0.3, -0.25) is 0 Å². The summed E-state index contributed by atoms with van der Waals surface area (Å²) in [6.45, 7) is 0. The first-order valence-electron chi connectivity index (χ1n) is 6.41. The molecule has 0 atom stereocenters. The average molecular weight is 263 g/mol. The number of fused-ring (bicyclic) bond motifs is 3. The highest BCUT2D eigenvalue weighted by Gasteiger charge is 2.19. The topological polar surface area (TPSA) is 4.93 Å². The molecule has 0 amide bonds. The summed E-state index contributed by atoms with van der Waals surface area (Å²) in [7, 11) is 0. The van der Waals surface area contributed by atoms with Crippen LogP contribution >= 0.6 is 11.8 Å². The molecule has 2 heteroatoms. The summed E-state index contributed by atoms with van der Waals surface area (Å²) in [6.07, 6.45) is 2.29. The lowest BCUT2D eigenvalue weighted by atomic mass is 10.2. The minimum Gasteiger partial charge on any atom is -0.307 e. The molecule has 4 rings (SSSR count). The number of nitrogens with zero attached hydrogens (tertiary/aromatic N) is 1. The van der Waals surface area contributed by atoms with E-state index in [1.807, 2.05) is 11.8 Å². The van der Waals surface area contributed by atoms with Crippen molar-refractivity contribution in [3.63, 3.8) is 0 Å². The van der Waals surface area contributed by atoms with E-state index in [0.29, 0.717) is 0 Å². The Morgan fingerprint density at radius 1 is 0.947 bits per heavy atom. The molecule has 0 saturated heterocycles. The summed E-state index contributed by atoms with van der Waals surface area (Å²) in [5, 5.41) is 2.67. The highest BCUT2D eigenvalue weighted by atomic mass is 32.2. The molecule has 3 aromatic rings. The third kappa shape index (κ3) is 1.80. The molecule has 0 spiro atoms. The van der Waals surface area contributed by atoms with E-state index in [4.69, 9.17) is 0 Å². The highest BCUT2D eigenvalue weighted by Crippen LogP contribution is 2.39. The van der Waals surface area contributed by atoms with Crippen LogP contribution in [0.4, 0.5) is 0 Å². The van der Waals surface area contributed by atoms with Crippen LogP contribution in [0.2, 0.25) is 0 Å². The minimum atomic E-state index is 1.05. The SMILES string of the molecule is C(=C1/CSc2cc3ccccc3n21)/c1ccccc1. The van der Waals surface area contributed by atoms with Gasteiger partial charge in [0.2, 0.25) is 0 Å². The van der Waals surface area contributed by atoms with Gasteiger partial charge in [-0.1, -0.05) is 48.5 Å². The van der Waals surface area contributed by atoms with E-state index in [1.54, 1.807) is 0 Å². The quantitative estimate of drug-likeness (QED) is 0.613. The zero-order valence-electron chi connectivity index (χ0n) is 10.4. The van der Waals surface area contributed by atoms with Crippen molar-refractivity contribution < 1.29 is 0 Å². The monoisotopic (exact) mass is 263 g/mol. The lowest BCUT2D eigenvalue weighted by molar-refractivity contribution is 1.05. The Morgan fingerprint density at radius 2 is 1.74 bits per heavy atom. The van der Waals surface area contributed by atoms with Gasteiger partial charge in [0.1, 0.15) is 0 Å². The number of hydrogen-bond donors (Lipinski definition) is 0. The molecule has 1 aliphatic rings. The van der Waals surface area contributed by atoms with Gasteiger partial charge in [-0.25, -0.2) is 0 Å². The van der Waals surface area contributed by atoms with Crippen molar-refractivity contribution in [2.24, 2.45) is 0 Å². The van der Waals surface area contributed by atoms with E-state index in [2.05, 4.69) is 71.3 Å². The molecular weight excluding hydrogens is 250 g/mol. The van der Waals surface area contributed by atoms with E-state index in [9.17, 15) is 0 Å². The van der Waals surface area contributed by atoms with E-state index >= 15 is 0 Å². The van der Waals surface area contributed by atoms with Crippen LogP contribution in [0.5, 0.6) is 0 Å². The predicted octanol–water partition coefficient (Wildman–Crippen LogP) is 4.75. The third-order valence-electron chi connectivity index (χ3n) is 3.47. The molecule has 0 aliphatic carbocycles. The molecule has 0 N–H and O–H groups in total. The first kappa shape index (κ1) is 10.9. The van der Waals surface area contributed by atoms with Crippen molar-refractivity contribution >= 4 is 34.4 Å². The second kappa shape index (κ2) is 4.32. The van der Waals surface area contributed by atoms with E-state index in [-0.39, 0.29) is 0 Å².